The van der Waals surface area contributed by atoms with Gasteiger partial charge in [0.15, 0.2) is 5.96 Å². The van der Waals surface area contributed by atoms with E-state index in [0.29, 0.717) is 6.54 Å². The predicted octanol–water partition coefficient (Wildman–Crippen LogP) is 1.16. The fourth-order valence-electron chi connectivity index (χ4n) is 2.09. The zero-order valence-corrected chi connectivity index (χ0v) is 11.8. The summed E-state index contributed by atoms with van der Waals surface area (Å²) in [5.74, 6) is 0.787. The molecule has 1 aliphatic heterocycles. The zero-order chi connectivity index (χ0) is 13.2. The third-order valence-electron chi connectivity index (χ3n) is 3.00. The fourth-order valence-corrected chi connectivity index (χ4v) is 2.63. The van der Waals surface area contributed by atoms with Gasteiger partial charge in [0.1, 0.15) is 5.52 Å². The topological polar surface area (TPSA) is 74.5 Å². The number of guanidine groups is 1. The highest BCUT2D eigenvalue weighted by Crippen LogP contribution is 2.30. The summed E-state index contributed by atoms with van der Waals surface area (Å²) < 4.78 is 2.83. The second kappa shape index (κ2) is 5.18. The van der Waals surface area contributed by atoms with E-state index in [1.54, 1.807) is 6.33 Å². The van der Waals surface area contributed by atoms with Crippen molar-refractivity contribution in [1.82, 2.24) is 14.9 Å². The fraction of sp³-hybridized carbons (Fsp3) is 0.333. The average molecular weight is 324 g/mol. The minimum Gasteiger partial charge on any atom is -0.395 e. The minimum atomic E-state index is 0.101. The van der Waals surface area contributed by atoms with Crippen LogP contribution in [0.1, 0.15) is 0 Å². The van der Waals surface area contributed by atoms with Crippen LogP contribution in [-0.2, 0) is 6.54 Å². The minimum absolute atomic E-state index is 0.101. The highest BCUT2D eigenvalue weighted by atomic mass is 79.9. The van der Waals surface area contributed by atoms with E-state index in [0.717, 1.165) is 40.2 Å². The average Bonchev–Trinajstić information content (AvgIpc) is 3.04. The molecular weight excluding hydrogens is 310 g/mol. The Labute approximate surface area is 118 Å². The molecule has 19 heavy (non-hydrogen) atoms. The van der Waals surface area contributed by atoms with Gasteiger partial charge in [-0.15, -0.1) is 0 Å². The van der Waals surface area contributed by atoms with Gasteiger partial charge in [0.05, 0.1) is 35.2 Å². The summed E-state index contributed by atoms with van der Waals surface area (Å²) in [6.45, 7) is 2.31. The van der Waals surface area contributed by atoms with Crippen LogP contribution in [0.3, 0.4) is 0 Å². The van der Waals surface area contributed by atoms with Gasteiger partial charge >= 0.3 is 0 Å². The molecule has 0 fully saturated rings. The number of halogens is 1. The van der Waals surface area contributed by atoms with Crippen LogP contribution in [-0.4, -0.2) is 40.3 Å². The number of aliphatic hydroxyl groups excluding tert-OH is 1. The molecule has 0 radical (unpaired) electrons. The molecule has 0 spiro atoms. The van der Waals surface area contributed by atoms with E-state index in [1.165, 1.54) is 0 Å². The second-order valence-electron chi connectivity index (χ2n) is 4.24. The molecule has 0 unspecified atom stereocenters. The Bertz CT molecular complexity index is 636. The first-order chi connectivity index (χ1) is 9.29. The summed E-state index contributed by atoms with van der Waals surface area (Å²) >= 11 is 3.57. The maximum atomic E-state index is 9.01. The van der Waals surface area contributed by atoms with Crippen molar-refractivity contribution >= 4 is 38.6 Å². The van der Waals surface area contributed by atoms with Gasteiger partial charge in [0, 0.05) is 13.1 Å². The lowest BCUT2D eigenvalue weighted by atomic mass is 10.2. The van der Waals surface area contributed by atoms with Crippen molar-refractivity contribution in [3.05, 3.63) is 22.9 Å². The summed E-state index contributed by atoms with van der Waals surface area (Å²) in [7, 11) is 0. The van der Waals surface area contributed by atoms with Crippen LogP contribution >= 0.6 is 15.9 Å². The predicted molar refractivity (Wildman–Crippen MR) is 78.4 cm³/mol. The first kappa shape index (κ1) is 12.4. The third-order valence-corrected chi connectivity index (χ3v) is 3.80. The Balaban J connectivity index is 1.96. The number of fused-ring (bicyclic) bond motifs is 1. The number of imidazole rings is 1. The van der Waals surface area contributed by atoms with E-state index in [4.69, 9.17) is 5.11 Å². The highest BCUT2D eigenvalue weighted by molar-refractivity contribution is 9.10. The molecule has 2 heterocycles. The molecule has 3 rings (SSSR count). The van der Waals surface area contributed by atoms with Crippen molar-refractivity contribution < 1.29 is 5.11 Å². The van der Waals surface area contributed by atoms with E-state index in [1.807, 2.05) is 16.7 Å². The largest absolute Gasteiger partial charge is 0.395 e. The van der Waals surface area contributed by atoms with Gasteiger partial charge in [-0.25, -0.2) is 4.98 Å². The highest BCUT2D eigenvalue weighted by Gasteiger charge is 2.12. The Morgan fingerprint density at radius 2 is 2.37 bits per heavy atom. The SMILES string of the molecule is OCCn1cnc2c(Br)c(NC3=NCCN3)ccc21. The number of anilines is 1. The molecule has 100 valence electrons. The van der Waals surface area contributed by atoms with Gasteiger partial charge in [0.2, 0.25) is 0 Å². The molecule has 1 aromatic heterocycles. The first-order valence-electron chi connectivity index (χ1n) is 6.09. The number of hydrogen-bond acceptors (Lipinski definition) is 5. The molecule has 0 saturated heterocycles. The van der Waals surface area contributed by atoms with Gasteiger partial charge in [-0.1, -0.05) is 0 Å². The Kier molecular flexibility index (Phi) is 3.39. The number of hydrogen-bond donors (Lipinski definition) is 3. The number of aromatic nitrogens is 2. The Morgan fingerprint density at radius 1 is 1.47 bits per heavy atom. The Hall–Kier alpha value is -1.60. The summed E-state index contributed by atoms with van der Waals surface area (Å²) in [6.07, 6.45) is 1.74. The molecule has 6 nitrogen and oxygen atoms in total. The summed E-state index contributed by atoms with van der Waals surface area (Å²) in [6, 6.07) is 3.96. The van der Waals surface area contributed by atoms with Crippen LogP contribution < -0.4 is 10.6 Å². The van der Waals surface area contributed by atoms with Gasteiger partial charge in [-0.3, -0.25) is 4.99 Å². The standard InChI is InChI=1S/C12H14BrN5O/c13-10-8(17-12-14-3-4-15-12)1-2-9-11(10)16-7-18(9)5-6-19/h1-2,7,19H,3-6H2,(H2,14,15,17). The van der Waals surface area contributed by atoms with Crippen LogP contribution in [0, 0.1) is 0 Å². The van der Waals surface area contributed by atoms with Crippen molar-refractivity contribution in [2.24, 2.45) is 4.99 Å². The maximum Gasteiger partial charge on any atom is 0.195 e. The van der Waals surface area contributed by atoms with E-state index in [2.05, 4.69) is 36.5 Å². The maximum absolute atomic E-state index is 9.01. The summed E-state index contributed by atoms with van der Waals surface area (Å²) in [5, 5.41) is 15.4. The van der Waals surface area contributed by atoms with E-state index >= 15 is 0 Å². The first-order valence-corrected chi connectivity index (χ1v) is 6.88. The van der Waals surface area contributed by atoms with Crippen molar-refractivity contribution in [2.75, 3.05) is 25.0 Å². The van der Waals surface area contributed by atoms with Gasteiger partial charge in [-0.05, 0) is 28.1 Å². The number of benzene rings is 1. The molecule has 7 heteroatoms. The van der Waals surface area contributed by atoms with Crippen LogP contribution in [0.4, 0.5) is 5.69 Å². The second-order valence-corrected chi connectivity index (χ2v) is 5.03. The van der Waals surface area contributed by atoms with Crippen LogP contribution in [0.25, 0.3) is 11.0 Å². The number of rotatable bonds is 3. The lowest BCUT2D eigenvalue weighted by Gasteiger charge is -2.09. The van der Waals surface area contributed by atoms with Crippen LogP contribution in [0.5, 0.6) is 0 Å². The van der Waals surface area contributed by atoms with Crippen LogP contribution in [0.2, 0.25) is 0 Å². The van der Waals surface area contributed by atoms with Crippen molar-refractivity contribution in [1.29, 1.82) is 0 Å². The molecule has 0 saturated carbocycles. The van der Waals surface area contributed by atoms with Crippen molar-refractivity contribution in [3.8, 4) is 0 Å². The molecule has 0 aliphatic carbocycles. The number of aliphatic imine (C=N–C) groups is 1. The molecule has 1 aromatic carbocycles. The summed E-state index contributed by atoms with van der Waals surface area (Å²) in [4.78, 5) is 8.68. The van der Waals surface area contributed by atoms with Gasteiger partial charge < -0.3 is 20.3 Å². The molecule has 0 bridgehead atoms. The molecular formula is C12H14BrN5O. The normalized spacial score (nSPS) is 14.5. The van der Waals surface area contributed by atoms with E-state index in [9.17, 15) is 0 Å². The van der Waals surface area contributed by atoms with E-state index in [-0.39, 0.29) is 6.61 Å². The molecule has 3 N–H and O–H groups in total. The number of nitrogens with zero attached hydrogens (tertiary/aromatic N) is 3. The number of nitrogens with one attached hydrogen (secondary N) is 2. The van der Waals surface area contributed by atoms with Gasteiger partial charge in [-0.2, -0.15) is 0 Å². The third kappa shape index (κ3) is 2.31. The zero-order valence-electron chi connectivity index (χ0n) is 10.2. The summed E-state index contributed by atoms with van der Waals surface area (Å²) in [5.41, 5.74) is 2.79. The van der Waals surface area contributed by atoms with Crippen LogP contribution in [0.15, 0.2) is 27.9 Å². The lowest BCUT2D eigenvalue weighted by molar-refractivity contribution is 0.278. The monoisotopic (exact) mass is 323 g/mol. The van der Waals surface area contributed by atoms with Crippen molar-refractivity contribution in [3.63, 3.8) is 0 Å². The van der Waals surface area contributed by atoms with Gasteiger partial charge in [0.25, 0.3) is 0 Å². The molecule has 1 aliphatic rings. The van der Waals surface area contributed by atoms with E-state index < -0.39 is 0 Å². The van der Waals surface area contributed by atoms with Crippen molar-refractivity contribution in [2.45, 2.75) is 6.54 Å². The quantitative estimate of drug-likeness (QED) is 0.792. The Morgan fingerprint density at radius 3 is 3.11 bits per heavy atom. The lowest BCUT2D eigenvalue weighted by Crippen LogP contribution is -2.26. The molecule has 2 aromatic rings. The molecule has 0 amide bonds. The molecule has 0 atom stereocenters. The smallest absolute Gasteiger partial charge is 0.195 e. The number of aliphatic hydroxyl groups is 1.